The first-order valence-corrected chi connectivity index (χ1v) is 13.2. The van der Waals surface area contributed by atoms with E-state index in [1.807, 2.05) is 12.1 Å². The van der Waals surface area contributed by atoms with Crippen LogP contribution >= 0.6 is 0 Å². The molecular weight excluding hydrogens is 478 g/mol. The van der Waals surface area contributed by atoms with E-state index in [-0.39, 0.29) is 0 Å². The van der Waals surface area contributed by atoms with E-state index in [0.29, 0.717) is 0 Å². The molecule has 0 unspecified atom stereocenters. The van der Waals surface area contributed by atoms with E-state index in [9.17, 15) is 0 Å². The van der Waals surface area contributed by atoms with Crippen molar-refractivity contribution in [1.29, 1.82) is 0 Å². The summed E-state index contributed by atoms with van der Waals surface area (Å²) in [6.07, 6.45) is 0. The smallest absolute Gasteiger partial charge is 0.143 e. The Morgan fingerprint density at radius 3 is 1.64 bits per heavy atom. The topological polar surface area (TPSA) is 31.2 Å². The molecule has 3 heterocycles. The van der Waals surface area contributed by atoms with Gasteiger partial charge >= 0.3 is 0 Å². The van der Waals surface area contributed by atoms with E-state index < -0.39 is 0 Å². The van der Waals surface area contributed by atoms with Gasteiger partial charge in [0.05, 0.1) is 22.1 Å². The van der Waals surface area contributed by atoms with Crippen molar-refractivity contribution < 1.29 is 8.83 Å². The zero-order valence-corrected chi connectivity index (χ0v) is 20.9. The van der Waals surface area contributed by atoms with Crippen LogP contribution in [0.5, 0.6) is 0 Å². The van der Waals surface area contributed by atoms with Crippen LogP contribution in [0, 0.1) is 0 Å². The molecule has 0 aliphatic carbocycles. The summed E-state index contributed by atoms with van der Waals surface area (Å²) in [5.74, 6) is 0. The molecule has 0 N–H and O–H groups in total. The van der Waals surface area contributed by atoms with E-state index in [1.165, 1.54) is 21.8 Å². The second-order valence-corrected chi connectivity index (χ2v) is 10.1. The van der Waals surface area contributed by atoms with E-state index in [1.54, 1.807) is 0 Å². The summed E-state index contributed by atoms with van der Waals surface area (Å²) in [5, 5.41) is 6.93. The third-order valence-corrected chi connectivity index (χ3v) is 8.02. The lowest BCUT2D eigenvalue weighted by atomic mass is 9.99. The quantitative estimate of drug-likeness (QED) is 0.237. The summed E-state index contributed by atoms with van der Waals surface area (Å²) in [7, 11) is 0. The van der Waals surface area contributed by atoms with Crippen LogP contribution in [0.1, 0.15) is 0 Å². The highest BCUT2D eigenvalue weighted by atomic mass is 16.3. The van der Waals surface area contributed by atoms with Gasteiger partial charge in [0.1, 0.15) is 22.3 Å². The van der Waals surface area contributed by atoms with Crippen molar-refractivity contribution in [3.05, 3.63) is 127 Å². The molecule has 3 heteroatoms. The second-order valence-electron chi connectivity index (χ2n) is 10.1. The van der Waals surface area contributed by atoms with Crippen molar-refractivity contribution in [2.45, 2.75) is 0 Å². The first kappa shape index (κ1) is 20.7. The Morgan fingerprint density at radius 1 is 0.385 bits per heavy atom. The fourth-order valence-electron chi connectivity index (χ4n) is 6.37. The SMILES string of the molecule is c1ccc2c(c1)oc1c(-c3cccc4c3oc3cccc(-n5c6ccccc6c6ccccc65)c34)cccc12. The van der Waals surface area contributed by atoms with Crippen LogP contribution in [0.3, 0.4) is 0 Å². The molecular formula is C36H21NO2. The number of furan rings is 2. The fraction of sp³-hybridized carbons (Fsp3) is 0. The molecule has 0 radical (unpaired) electrons. The minimum absolute atomic E-state index is 0.869. The first-order chi connectivity index (χ1) is 19.4. The third kappa shape index (κ3) is 2.76. The average molecular weight is 500 g/mol. The highest BCUT2D eigenvalue weighted by Crippen LogP contribution is 2.43. The van der Waals surface area contributed by atoms with Crippen LogP contribution in [-0.2, 0) is 0 Å². The van der Waals surface area contributed by atoms with Gasteiger partial charge in [-0.15, -0.1) is 0 Å². The molecule has 6 aromatic carbocycles. The summed E-state index contributed by atoms with van der Waals surface area (Å²) in [5.41, 5.74) is 9.06. The van der Waals surface area contributed by atoms with Crippen molar-refractivity contribution in [2.75, 3.05) is 0 Å². The molecule has 0 amide bonds. The first-order valence-electron chi connectivity index (χ1n) is 13.2. The Kier molecular flexibility index (Phi) is 4.05. The van der Waals surface area contributed by atoms with Crippen molar-refractivity contribution in [3.8, 4) is 16.8 Å². The van der Waals surface area contributed by atoms with Gasteiger partial charge in [0, 0.05) is 38.1 Å². The fourth-order valence-corrected chi connectivity index (χ4v) is 6.37. The normalized spacial score (nSPS) is 12.1. The largest absolute Gasteiger partial charge is 0.455 e. The molecule has 9 aromatic rings. The van der Waals surface area contributed by atoms with Gasteiger partial charge in [0.15, 0.2) is 0 Å². The number of rotatable bonds is 2. The van der Waals surface area contributed by atoms with E-state index in [4.69, 9.17) is 8.83 Å². The molecule has 0 bridgehead atoms. The van der Waals surface area contributed by atoms with Crippen molar-refractivity contribution in [1.82, 2.24) is 4.57 Å². The van der Waals surface area contributed by atoms with Gasteiger partial charge in [0.2, 0.25) is 0 Å². The number of aromatic nitrogens is 1. The van der Waals surface area contributed by atoms with Crippen molar-refractivity contribution in [2.24, 2.45) is 0 Å². The summed E-state index contributed by atoms with van der Waals surface area (Å²) in [6.45, 7) is 0. The molecule has 0 fully saturated rings. The van der Waals surface area contributed by atoms with Crippen LogP contribution in [0.15, 0.2) is 136 Å². The molecule has 0 spiro atoms. The maximum atomic E-state index is 6.67. The molecule has 0 aliphatic heterocycles. The Bertz CT molecular complexity index is 2350. The van der Waals surface area contributed by atoms with Gasteiger partial charge in [-0.1, -0.05) is 97.1 Å². The van der Waals surface area contributed by atoms with Gasteiger partial charge in [-0.2, -0.15) is 0 Å². The highest BCUT2D eigenvalue weighted by Gasteiger charge is 2.20. The highest BCUT2D eigenvalue weighted by molar-refractivity contribution is 6.18. The van der Waals surface area contributed by atoms with Crippen LogP contribution in [0.2, 0.25) is 0 Å². The lowest BCUT2D eigenvalue weighted by Crippen LogP contribution is -1.94. The van der Waals surface area contributed by atoms with E-state index >= 15 is 0 Å². The molecule has 3 aromatic heterocycles. The predicted molar refractivity (Wildman–Crippen MR) is 161 cm³/mol. The third-order valence-electron chi connectivity index (χ3n) is 8.02. The number of hydrogen-bond donors (Lipinski definition) is 0. The van der Waals surface area contributed by atoms with Gasteiger partial charge in [-0.05, 0) is 30.3 Å². The molecule has 39 heavy (non-hydrogen) atoms. The Labute approximate surface area is 223 Å². The number of nitrogens with zero attached hydrogens (tertiary/aromatic N) is 1. The zero-order chi connectivity index (χ0) is 25.5. The number of hydrogen-bond acceptors (Lipinski definition) is 2. The standard InChI is InChI=1S/C36H21NO2/c1-4-17-29-22(10-1)23-11-2-5-18-30(23)37(29)31-19-9-21-33-34(31)28-16-8-15-27(36(28)39-33)26-14-7-13-25-24-12-3-6-20-32(24)38-35(25)26/h1-21H. The summed E-state index contributed by atoms with van der Waals surface area (Å²) < 4.78 is 15.4. The van der Waals surface area contributed by atoms with E-state index in [0.717, 1.165) is 60.7 Å². The minimum atomic E-state index is 0.869. The maximum absolute atomic E-state index is 6.67. The Balaban J connectivity index is 1.38. The van der Waals surface area contributed by atoms with Crippen LogP contribution in [0.25, 0.3) is 82.5 Å². The van der Waals surface area contributed by atoms with Crippen molar-refractivity contribution in [3.63, 3.8) is 0 Å². The van der Waals surface area contributed by atoms with Crippen LogP contribution in [-0.4, -0.2) is 4.57 Å². The van der Waals surface area contributed by atoms with Gasteiger partial charge < -0.3 is 13.4 Å². The van der Waals surface area contributed by atoms with Gasteiger partial charge in [-0.25, -0.2) is 0 Å². The van der Waals surface area contributed by atoms with Gasteiger partial charge in [0.25, 0.3) is 0 Å². The molecule has 0 saturated carbocycles. The molecule has 0 saturated heterocycles. The molecule has 3 nitrogen and oxygen atoms in total. The Hall–Kier alpha value is -5.28. The lowest BCUT2D eigenvalue weighted by Gasteiger charge is -2.09. The summed E-state index contributed by atoms with van der Waals surface area (Å²) in [4.78, 5) is 0. The van der Waals surface area contributed by atoms with Crippen LogP contribution in [0.4, 0.5) is 0 Å². The second kappa shape index (κ2) is 7.62. The number of benzene rings is 6. The number of para-hydroxylation sites is 5. The monoisotopic (exact) mass is 499 g/mol. The maximum Gasteiger partial charge on any atom is 0.143 e. The molecule has 0 atom stereocenters. The summed E-state index contributed by atoms with van der Waals surface area (Å²) in [6, 6.07) is 44.6. The van der Waals surface area contributed by atoms with E-state index in [2.05, 4.69) is 120 Å². The Morgan fingerprint density at radius 2 is 0.897 bits per heavy atom. The number of fused-ring (bicyclic) bond motifs is 9. The van der Waals surface area contributed by atoms with Crippen molar-refractivity contribution >= 4 is 65.7 Å². The summed E-state index contributed by atoms with van der Waals surface area (Å²) >= 11 is 0. The predicted octanol–water partition coefficient (Wildman–Crippen LogP) is 10.2. The molecule has 9 rings (SSSR count). The van der Waals surface area contributed by atoms with Gasteiger partial charge in [-0.3, -0.25) is 0 Å². The average Bonchev–Trinajstić information content (AvgIpc) is 3.67. The zero-order valence-electron chi connectivity index (χ0n) is 20.9. The van der Waals surface area contributed by atoms with Crippen LogP contribution < -0.4 is 0 Å². The molecule has 182 valence electrons. The minimum Gasteiger partial charge on any atom is -0.455 e. The lowest BCUT2D eigenvalue weighted by molar-refractivity contribution is 0.665. The molecule has 0 aliphatic rings.